The maximum atomic E-state index is 12.5. The Bertz CT molecular complexity index is 656. The average Bonchev–Trinajstić information content (AvgIpc) is 3.38. The van der Waals surface area contributed by atoms with Crippen LogP contribution in [0.4, 0.5) is 5.82 Å². The molecule has 3 fully saturated rings. The number of carbonyl (C=O) groups is 2. The fraction of sp³-hybridized carbons (Fsp3) is 0.647. The molecule has 3 aliphatic rings. The maximum Gasteiger partial charge on any atom is 0.225 e. The number of carbonyl (C=O) groups excluding carboxylic acids is 2. The fourth-order valence-electron chi connectivity index (χ4n) is 3.70. The van der Waals surface area contributed by atoms with Gasteiger partial charge in [0.2, 0.25) is 11.8 Å². The van der Waals surface area contributed by atoms with Crippen LogP contribution in [0.3, 0.4) is 0 Å². The number of hydrogen-bond acceptors (Lipinski definition) is 5. The Hall–Kier alpha value is -1.89. The largest absolute Gasteiger partial charge is 0.355 e. The molecule has 7 nitrogen and oxygen atoms in total. The third-order valence-electron chi connectivity index (χ3n) is 5.30. The molecular weight excluding hydrogens is 342 g/mol. The van der Waals surface area contributed by atoms with Gasteiger partial charge in [-0.25, -0.2) is 0 Å². The average molecular weight is 364 g/mol. The zero-order valence-electron chi connectivity index (χ0n) is 14.0. The molecule has 2 amide bonds. The zero-order chi connectivity index (χ0) is 17.4. The number of amides is 2. The molecule has 0 spiro atoms. The number of rotatable bonds is 4. The molecule has 1 atom stereocenters. The molecule has 0 radical (unpaired) electrons. The Kier molecular flexibility index (Phi) is 4.50. The van der Waals surface area contributed by atoms with E-state index in [0.717, 1.165) is 44.6 Å². The van der Waals surface area contributed by atoms with E-state index in [1.165, 1.54) is 0 Å². The second-order valence-electron chi connectivity index (χ2n) is 7.16. The second-order valence-corrected chi connectivity index (χ2v) is 7.55. The summed E-state index contributed by atoms with van der Waals surface area (Å²) in [5.74, 6) is 0.795. The van der Waals surface area contributed by atoms with E-state index >= 15 is 0 Å². The number of aromatic nitrogens is 2. The van der Waals surface area contributed by atoms with Gasteiger partial charge in [-0.05, 0) is 37.8 Å². The first-order valence-electron chi connectivity index (χ1n) is 8.94. The molecule has 0 bridgehead atoms. The number of halogens is 1. The molecule has 1 aromatic rings. The molecule has 3 heterocycles. The number of nitrogens with one attached hydrogen (secondary N) is 1. The van der Waals surface area contributed by atoms with Gasteiger partial charge < -0.3 is 15.1 Å². The second kappa shape index (κ2) is 6.78. The first-order valence-corrected chi connectivity index (χ1v) is 9.32. The predicted molar refractivity (Wildman–Crippen MR) is 93.3 cm³/mol. The lowest BCUT2D eigenvalue weighted by Gasteiger charge is -2.33. The van der Waals surface area contributed by atoms with E-state index in [1.54, 1.807) is 6.07 Å². The molecule has 1 aliphatic carbocycles. The molecule has 0 unspecified atom stereocenters. The lowest BCUT2D eigenvalue weighted by molar-refractivity contribution is -0.129. The lowest BCUT2D eigenvalue weighted by Crippen LogP contribution is -2.47. The molecule has 2 saturated heterocycles. The van der Waals surface area contributed by atoms with E-state index in [4.69, 9.17) is 11.6 Å². The van der Waals surface area contributed by atoms with Crippen LogP contribution in [0.5, 0.6) is 0 Å². The fourth-order valence-corrected chi connectivity index (χ4v) is 3.80. The van der Waals surface area contributed by atoms with Crippen LogP contribution in [0.1, 0.15) is 32.1 Å². The zero-order valence-corrected chi connectivity index (χ0v) is 14.8. The van der Waals surface area contributed by atoms with Crippen molar-refractivity contribution in [1.29, 1.82) is 0 Å². The molecule has 1 N–H and O–H groups in total. The third kappa shape index (κ3) is 3.71. The SMILES string of the molecule is O=C(NC1CCN(c2ccc(Cl)nn2)CC1)[C@H]1CC(=O)N(C2CC2)C1. The van der Waals surface area contributed by atoms with Crippen molar-refractivity contribution in [1.82, 2.24) is 20.4 Å². The van der Waals surface area contributed by atoms with Gasteiger partial charge in [-0.1, -0.05) is 11.6 Å². The Labute approximate surface area is 151 Å². The van der Waals surface area contributed by atoms with Crippen molar-refractivity contribution in [2.45, 2.75) is 44.2 Å². The summed E-state index contributed by atoms with van der Waals surface area (Å²) in [6, 6.07) is 4.16. The molecule has 134 valence electrons. The highest BCUT2D eigenvalue weighted by molar-refractivity contribution is 6.29. The summed E-state index contributed by atoms with van der Waals surface area (Å²) in [5.41, 5.74) is 0. The van der Waals surface area contributed by atoms with Crippen LogP contribution in [0.2, 0.25) is 5.15 Å². The van der Waals surface area contributed by atoms with Crippen LogP contribution in [-0.4, -0.2) is 58.6 Å². The predicted octanol–water partition coefficient (Wildman–Crippen LogP) is 1.23. The van der Waals surface area contributed by atoms with E-state index in [0.29, 0.717) is 24.2 Å². The molecule has 2 aliphatic heterocycles. The van der Waals surface area contributed by atoms with E-state index < -0.39 is 0 Å². The van der Waals surface area contributed by atoms with Crippen molar-refractivity contribution in [3.05, 3.63) is 17.3 Å². The monoisotopic (exact) mass is 363 g/mol. The minimum absolute atomic E-state index is 0.0289. The quantitative estimate of drug-likeness (QED) is 0.870. The number of hydrogen-bond donors (Lipinski definition) is 1. The number of likely N-dealkylation sites (tertiary alicyclic amines) is 1. The van der Waals surface area contributed by atoms with Crippen molar-refractivity contribution >= 4 is 29.2 Å². The molecule has 1 aromatic heterocycles. The van der Waals surface area contributed by atoms with E-state index in [9.17, 15) is 9.59 Å². The van der Waals surface area contributed by atoms with E-state index in [2.05, 4.69) is 20.4 Å². The van der Waals surface area contributed by atoms with Crippen LogP contribution in [-0.2, 0) is 9.59 Å². The molecule has 0 aromatic carbocycles. The summed E-state index contributed by atoms with van der Waals surface area (Å²) in [7, 11) is 0. The number of piperidine rings is 1. The molecule has 1 saturated carbocycles. The maximum absolute atomic E-state index is 12.5. The van der Waals surface area contributed by atoms with Crippen LogP contribution >= 0.6 is 11.6 Å². The van der Waals surface area contributed by atoms with Gasteiger partial charge in [0, 0.05) is 38.1 Å². The lowest BCUT2D eigenvalue weighted by atomic mass is 10.0. The van der Waals surface area contributed by atoms with Crippen molar-refractivity contribution in [3.8, 4) is 0 Å². The van der Waals surface area contributed by atoms with E-state index in [1.807, 2.05) is 11.0 Å². The van der Waals surface area contributed by atoms with E-state index in [-0.39, 0.29) is 23.8 Å². The van der Waals surface area contributed by atoms with Crippen LogP contribution in [0.15, 0.2) is 12.1 Å². The highest BCUT2D eigenvalue weighted by Crippen LogP contribution is 2.32. The van der Waals surface area contributed by atoms with Gasteiger partial charge in [0.25, 0.3) is 0 Å². The highest BCUT2D eigenvalue weighted by atomic mass is 35.5. The molecule has 8 heteroatoms. The minimum Gasteiger partial charge on any atom is -0.355 e. The normalized spacial score (nSPS) is 24.7. The summed E-state index contributed by atoms with van der Waals surface area (Å²) in [6.07, 6.45) is 4.27. The standard InChI is InChI=1S/C17H22ClN5O2/c18-14-3-4-15(21-20-14)22-7-5-12(6-8-22)19-17(25)11-9-16(24)23(10-11)13-1-2-13/h3-4,11-13H,1-2,5-10H2,(H,19,25)/t11-/m0/s1. The van der Waals surface area contributed by atoms with Gasteiger partial charge in [0.15, 0.2) is 11.0 Å². The van der Waals surface area contributed by atoms with Gasteiger partial charge in [0.05, 0.1) is 5.92 Å². The Balaban J connectivity index is 1.26. The van der Waals surface area contributed by atoms with Crippen molar-refractivity contribution in [2.24, 2.45) is 5.92 Å². The summed E-state index contributed by atoms with van der Waals surface area (Å²) in [4.78, 5) is 28.5. The Morgan fingerprint density at radius 1 is 1.16 bits per heavy atom. The van der Waals surface area contributed by atoms with Gasteiger partial charge in [-0.2, -0.15) is 0 Å². The third-order valence-corrected chi connectivity index (χ3v) is 5.50. The Morgan fingerprint density at radius 3 is 2.56 bits per heavy atom. The van der Waals surface area contributed by atoms with Gasteiger partial charge in [-0.15, -0.1) is 10.2 Å². The van der Waals surface area contributed by atoms with Crippen molar-refractivity contribution in [2.75, 3.05) is 24.5 Å². The number of nitrogens with zero attached hydrogens (tertiary/aromatic N) is 4. The summed E-state index contributed by atoms with van der Waals surface area (Å²) < 4.78 is 0. The van der Waals surface area contributed by atoms with Crippen LogP contribution in [0, 0.1) is 5.92 Å². The minimum atomic E-state index is -0.187. The van der Waals surface area contributed by atoms with Crippen molar-refractivity contribution < 1.29 is 9.59 Å². The van der Waals surface area contributed by atoms with Gasteiger partial charge >= 0.3 is 0 Å². The smallest absolute Gasteiger partial charge is 0.225 e. The number of anilines is 1. The molecule has 4 rings (SSSR count). The molecular formula is C17H22ClN5O2. The Morgan fingerprint density at radius 2 is 1.92 bits per heavy atom. The van der Waals surface area contributed by atoms with Gasteiger partial charge in [-0.3, -0.25) is 9.59 Å². The van der Waals surface area contributed by atoms with Crippen LogP contribution in [0.25, 0.3) is 0 Å². The van der Waals surface area contributed by atoms with Crippen LogP contribution < -0.4 is 10.2 Å². The first-order chi connectivity index (χ1) is 12.1. The first kappa shape index (κ1) is 16.6. The van der Waals surface area contributed by atoms with Crippen molar-refractivity contribution in [3.63, 3.8) is 0 Å². The summed E-state index contributed by atoms with van der Waals surface area (Å²) >= 11 is 5.77. The highest BCUT2D eigenvalue weighted by Gasteiger charge is 2.42. The summed E-state index contributed by atoms with van der Waals surface area (Å²) in [5, 5.41) is 11.5. The summed E-state index contributed by atoms with van der Waals surface area (Å²) in [6.45, 7) is 2.23. The molecule has 25 heavy (non-hydrogen) atoms. The topological polar surface area (TPSA) is 78.4 Å². The van der Waals surface area contributed by atoms with Gasteiger partial charge in [0.1, 0.15) is 0 Å².